The van der Waals surface area contributed by atoms with Crippen molar-refractivity contribution in [1.29, 1.82) is 0 Å². The Balaban J connectivity index is 2.13. The van der Waals surface area contributed by atoms with Gasteiger partial charge in [0.1, 0.15) is 11.8 Å². The van der Waals surface area contributed by atoms with Crippen molar-refractivity contribution in [3.8, 4) is 5.75 Å². The van der Waals surface area contributed by atoms with Gasteiger partial charge in [-0.3, -0.25) is 9.59 Å². The topological polar surface area (TPSA) is 58.6 Å². The minimum atomic E-state index is -0.613. The summed E-state index contributed by atoms with van der Waals surface area (Å²) in [6, 6.07) is 12.9. The second-order valence-electron chi connectivity index (χ2n) is 7.38. The van der Waals surface area contributed by atoms with Crippen LogP contribution in [0.1, 0.15) is 44.7 Å². The molecule has 0 radical (unpaired) electrons. The fraction of sp³-hybridized carbons (Fsp3) is 0.417. The van der Waals surface area contributed by atoms with Crippen LogP contribution in [0, 0.1) is 0 Å². The number of nitrogens with one attached hydrogen (secondary N) is 1. The molecule has 2 rings (SSSR count). The van der Waals surface area contributed by atoms with Crippen molar-refractivity contribution in [2.24, 2.45) is 0 Å². The van der Waals surface area contributed by atoms with Gasteiger partial charge >= 0.3 is 0 Å². The zero-order valence-corrected chi connectivity index (χ0v) is 21.5. The molecule has 7 heteroatoms. The van der Waals surface area contributed by atoms with Crippen LogP contribution < -0.4 is 10.1 Å². The Morgan fingerprint density at radius 1 is 1.10 bits per heavy atom. The van der Waals surface area contributed by atoms with Crippen molar-refractivity contribution < 1.29 is 14.3 Å². The Hall–Kier alpha value is -1.86. The van der Waals surface area contributed by atoms with Crippen LogP contribution in [0.3, 0.4) is 0 Å². The molecule has 2 amide bonds. The molecule has 0 aliphatic rings. The van der Waals surface area contributed by atoms with E-state index in [0.717, 1.165) is 33.8 Å². The molecule has 168 valence electrons. The Kier molecular flexibility index (Phi) is 10.5. The summed E-state index contributed by atoms with van der Waals surface area (Å²) in [5.74, 6) is 0.197. The zero-order chi connectivity index (χ0) is 22.8. The molecular formula is C24H30Br2N2O3. The van der Waals surface area contributed by atoms with E-state index in [2.05, 4.69) is 51.0 Å². The lowest BCUT2D eigenvalue weighted by molar-refractivity contribution is -0.142. The summed E-state index contributed by atoms with van der Waals surface area (Å²) < 4.78 is 7.52. The van der Waals surface area contributed by atoms with Crippen molar-refractivity contribution in [3.05, 3.63) is 62.5 Å². The van der Waals surface area contributed by atoms with Crippen molar-refractivity contribution >= 4 is 43.7 Å². The number of aryl methyl sites for hydroxylation is 1. The van der Waals surface area contributed by atoms with Crippen LogP contribution in [0.15, 0.2) is 51.4 Å². The van der Waals surface area contributed by atoms with Gasteiger partial charge in [-0.25, -0.2) is 0 Å². The SMILES string of the molecule is CCCCNC(=O)[C@@H](C)N(Cc1cccc(Br)c1)C(=O)COc1ccc(CC)cc1Br. The number of halogens is 2. The second-order valence-corrected chi connectivity index (χ2v) is 9.15. The number of ether oxygens (including phenoxy) is 1. The summed E-state index contributed by atoms with van der Waals surface area (Å²) in [5, 5.41) is 2.92. The van der Waals surface area contributed by atoms with E-state index in [9.17, 15) is 9.59 Å². The third-order valence-electron chi connectivity index (χ3n) is 4.99. The predicted octanol–water partition coefficient (Wildman–Crippen LogP) is 5.49. The Morgan fingerprint density at radius 2 is 1.87 bits per heavy atom. The number of hydrogen-bond acceptors (Lipinski definition) is 3. The normalized spacial score (nSPS) is 11.6. The highest BCUT2D eigenvalue weighted by Crippen LogP contribution is 2.26. The molecule has 0 aliphatic heterocycles. The smallest absolute Gasteiger partial charge is 0.261 e. The summed E-state index contributed by atoms with van der Waals surface area (Å²) in [6.45, 7) is 6.68. The van der Waals surface area contributed by atoms with Gasteiger partial charge in [-0.15, -0.1) is 0 Å². The molecule has 0 aliphatic carbocycles. The van der Waals surface area contributed by atoms with E-state index in [4.69, 9.17) is 4.74 Å². The van der Waals surface area contributed by atoms with Crippen molar-refractivity contribution in [2.75, 3.05) is 13.2 Å². The third-order valence-corrected chi connectivity index (χ3v) is 6.11. The van der Waals surface area contributed by atoms with E-state index in [-0.39, 0.29) is 18.4 Å². The average molecular weight is 554 g/mol. The molecule has 0 fully saturated rings. The third kappa shape index (κ3) is 7.96. The first kappa shape index (κ1) is 25.4. The summed E-state index contributed by atoms with van der Waals surface area (Å²) in [7, 11) is 0. The highest BCUT2D eigenvalue weighted by atomic mass is 79.9. The molecule has 1 atom stereocenters. The highest BCUT2D eigenvalue weighted by molar-refractivity contribution is 9.10. The van der Waals surface area contributed by atoms with Crippen LogP contribution in [-0.4, -0.2) is 35.9 Å². The first-order valence-electron chi connectivity index (χ1n) is 10.6. The van der Waals surface area contributed by atoms with Gasteiger partial charge in [0.25, 0.3) is 5.91 Å². The number of nitrogens with zero attached hydrogens (tertiary/aromatic N) is 1. The van der Waals surface area contributed by atoms with Crippen molar-refractivity contribution in [3.63, 3.8) is 0 Å². The molecule has 31 heavy (non-hydrogen) atoms. The van der Waals surface area contributed by atoms with Crippen LogP contribution in [-0.2, 0) is 22.6 Å². The van der Waals surface area contributed by atoms with Gasteiger partial charge in [0, 0.05) is 17.6 Å². The van der Waals surface area contributed by atoms with Gasteiger partial charge in [0.15, 0.2) is 6.61 Å². The fourth-order valence-electron chi connectivity index (χ4n) is 3.05. The quantitative estimate of drug-likeness (QED) is 0.374. The first-order chi connectivity index (χ1) is 14.8. The highest BCUT2D eigenvalue weighted by Gasteiger charge is 2.26. The lowest BCUT2D eigenvalue weighted by Gasteiger charge is -2.29. The molecule has 0 saturated carbocycles. The molecular weight excluding hydrogens is 524 g/mol. The Labute approximate surface area is 201 Å². The number of rotatable bonds is 11. The zero-order valence-electron chi connectivity index (χ0n) is 18.3. The van der Waals surface area contributed by atoms with Gasteiger partial charge in [0.2, 0.25) is 5.91 Å². The van der Waals surface area contributed by atoms with Crippen LogP contribution in [0.25, 0.3) is 0 Å². The molecule has 1 N–H and O–H groups in total. The van der Waals surface area contributed by atoms with Crippen molar-refractivity contribution in [1.82, 2.24) is 10.2 Å². The lowest BCUT2D eigenvalue weighted by Crippen LogP contribution is -2.49. The molecule has 5 nitrogen and oxygen atoms in total. The first-order valence-corrected chi connectivity index (χ1v) is 12.2. The van der Waals surface area contributed by atoms with Crippen LogP contribution >= 0.6 is 31.9 Å². The summed E-state index contributed by atoms with van der Waals surface area (Å²) in [4.78, 5) is 27.3. The monoisotopic (exact) mass is 552 g/mol. The Bertz CT molecular complexity index is 889. The van der Waals surface area contributed by atoms with E-state index in [1.54, 1.807) is 11.8 Å². The average Bonchev–Trinajstić information content (AvgIpc) is 2.76. The molecule has 0 bridgehead atoms. The summed E-state index contributed by atoms with van der Waals surface area (Å²) in [5.41, 5.74) is 2.11. The van der Waals surface area contributed by atoms with E-state index in [1.807, 2.05) is 42.5 Å². The minimum absolute atomic E-state index is 0.148. The van der Waals surface area contributed by atoms with Crippen LogP contribution in [0.5, 0.6) is 5.75 Å². The maximum absolute atomic E-state index is 13.1. The number of amides is 2. The van der Waals surface area contributed by atoms with E-state index < -0.39 is 6.04 Å². The van der Waals surface area contributed by atoms with E-state index in [0.29, 0.717) is 18.8 Å². The van der Waals surface area contributed by atoms with Crippen LogP contribution in [0.4, 0.5) is 0 Å². The molecule has 0 heterocycles. The molecule has 0 spiro atoms. The van der Waals surface area contributed by atoms with Crippen LogP contribution in [0.2, 0.25) is 0 Å². The second kappa shape index (κ2) is 12.9. The molecule has 0 saturated heterocycles. The number of carbonyl (C=O) groups excluding carboxylic acids is 2. The van der Waals surface area contributed by atoms with Gasteiger partial charge in [-0.05, 0) is 71.1 Å². The van der Waals surface area contributed by atoms with E-state index >= 15 is 0 Å². The standard InChI is InChI=1S/C24H30Br2N2O3/c1-4-6-12-27-24(30)17(3)28(15-19-8-7-9-20(25)13-19)23(29)16-31-22-11-10-18(5-2)14-21(22)26/h7-11,13-14,17H,4-6,12,15-16H2,1-3H3,(H,27,30)/t17-/m1/s1. The minimum Gasteiger partial charge on any atom is -0.483 e. The number of benzene rings is 2. The maximum Gasteiger partial charge on any atom is 0.261 e. The summed E-state index contributed by atoms with van der Waals surface area (Å²) in [6.07, 6.45) is 2.82. The molecule has 0 unspecified atom stereocenters. The number of carbonyl (C=O) groups is 2. The van der Waals surface area contributed by atoms with Crippen molar-refractivity contribution in [2.45, 2.75) is 52.6 Å². The lowest BCUT2D eigenvalue weighted by atomic mass is 10.1. The largest absolute Gasteiger partial charge is 0.483 e. The van der Waals surface area contributed by atoms with Gasteiger partial charge in [-0.1, -0.05) is 54.4 Å². The molecule has 2 aromatic carbocycles. The molecule has 0 aromatic heterocycles. The van der Waals surface area contributed by atoms with Gasteiger partial charge < -0.3 is 15.0 Å². The predicted molar refractivity (Wildman–Crippen MR) is 131 cm³/mol. The number of unbranched alkanes of at least 4 members (excludes halogenated alkanes) is 1. The maximum atomic E-state index is 13.1. The fourth-order valence-corrected chi connectivity index (χ4v) is 4.04. The van der Waals surface area contributed by atoms with Gasteiger partial charge in [-0.2, -0.15) is 0 Å². The van der Waals surface area contributed by atoms with Gasteiger partial charge in [0.05, 0.1) is 4.47 Å². The summed E-state index contributed by atoms with van der Waals surface area (Å²) >= 11 is 6.97. The van der Waals surface area contributed by atoms with E-state index in [1.165, 1.54) is 5.56 Å². The Morgan fingerprint density at radius 3 is 2.52 bits per heavy atom. The number of hydrogen-bond donors (Lipinski definition) is 1. The molecule has 2 aromatic rings.